The number of carboxylic acids is 1. The standard InChI is InChI=1S/C17H16ClNO5/c1-24-13-7-5-10(6-8-13)15(20)14(17(22)23)19-16(21)11-3-2-4-12(18)9-11/h2-9,14-15,20H,1H3,(H,19,21)(H,22,23). The van der Waals surface area contributed by atoms with Crippen LogP contribution < -0.4 is 10.1 Å². The molecule has 0 heterocycles. The minimum Gasteiger partial charge on any atom is -0.497 e. The minimum atomic E-state index is -1.51. The highest BCUT2D eigenvalue weighted by molar-refractivity contribution is 6.31. The highest BCUT2D eigenvalue weighted by atomic mass is 35.5. The van der Waals surface area contributed by atoms with Crippen LogP contribution in [0.25, 0.3) is 0 Å². The first kappa shape index (κ1) is 17.8. The zero-order valence-corrected chi connectivity index (χ0v) is 13.5. The van der Waals surface area contributed by atoms with Gasteiger partial charge in [0.2, 0.25) is 0 Å². The van der Waals surface area contributed by atoms with Gasteiger partial charge in [0.25, 0.3) is 5.91 Å². The third kappa shape index (κ3) is 4.24. The van der Waals surface area contributed by atoms with Crippen LogP contribution in [-0.2, 0) is 4.79 Å². The van der Waals surface area contributed by atoms with Gasteiger partial charge in [-0.15, -0.1) is 0 Å². The van der Waals surface area contributed by atoms with Crippen molar-refractivity contribution in [1.82, 2.24) is 5.32 Å². The predicted octanol–water partition coefficient (Wildman–Crippen LogP) is 2.27. The van der Waals surface area contributed by atoms with E-state index in [0.717, 1.165) is 0 Å². The Hall–Kier alpha value is -2.57. The molecule has 7 heteroatoms. The third-order valence-electron chi connectivity index (χ3n) is 3.41. The van der Waals surface area contributed by atoms with Gasteiger partial charge in [-0.2, -0.15) is 0 Å². The maximum Gasteiger partial charge on any atom is 0.329 e. The smallest absolute Gasteiger partial charge is 0.329 e. The summed E-state index contributed by atoms with van der Waals surface area (Å²) in [7, 11) is 1.50. The van der Waals surface area contributed by atoms with Gasteiger partial charge in [0, 0.05) is 10.6 Å². The van der Waals surface area contributed by atoms with Crippen molar-refractivity contribution in [3.8, 4) is 5.75 Å². The lowest BCUT2D eigenvalue weighted by molar-refractivity contribution is -0.142. The van der Waals surface area contributed by atoms with E-state index in [1.807, 2.05) is 0 Å². The quantitative estimate of drug-likeness (QED) is 0.743. The SMILES string of the molecule is COc1ccc(C(O)C(NC(=O)c2cccc(Cl)c2)C(=O)O)cc1. The van der Waals surface area contributed by atoms with Crippen molar-refractivity contribution in [2.45, 2.75) is 12.1 Å². The molecule has 0 aliphatic rings. The number of aliphatic hydroxyl groups is 1. The molecule has 0 aromatic heterocycles. The van der Waals surface area contributed by atoms with Gasteiger partial charge in [-0.25, -0.2) is 4.79 Å². The number of rotatable bonds is 6. The molecule has 0 bridgehead atoms. The second kappa shape index (κ2) is 7.81. The Labute approximate surface area is 143 Å². The number of aliphatic carboxylic acids is 1. The van der Waals surface area contributed by atoms with E-state index in [2.05, 4.69) is 5.32 Å². The van der Waals surface area contributed by atoms with Crippen LogP contribution in [0.3, 0.4) is 0 Å². The molecule has 0 aliphatic carbocycles. The van der Waals surface area contributed by atoms with Gasteiger partial charge >= 0.3 is 5.97 Å². The molecule has 1 amide bonds. The molecule has 0 spiro atoms. The van der Waals surface area contributed by atoms with Gasteiger partial charge in [-0.3, -0.25) is 4.79 Å². The van der Waals surface area contributed by atoms with Crippen molar-refractivity contribution in [2.24, 2.45) is 0 Å². The molecule has 0 fully saturated rings. The summed E-state index contributed by atoms with van der Waals surface area (Å²) >= 11 is 5.82. The fourth-order valence-electron chi connectivity index (χ4n) is 2.12. The van der Waals surface area contributed by atoms with E-state index in [9.17, 15) is 19.8 Å². The minimum absolute atomic E-state index is 0.204. The first-order valence-electron chi connectivity index (χ1n) is 7.03. The fourth-order valence-corrected chi connectivity index (χ4v) is 2.31. The van der Waals surface area contributed by atoms with E-state index in [0.29, 0.717) is 16.3 Å². The summed E-state index contributed by atoms with van der Waals surface area (Å²) in [6.45, 7) is 0. The van der Waals surface area contributed by atoms with E-state index in [4.69, 9.17) is 16.3 Å². The lowest BCUT2D eigenvalue weighted by Crippen LogP contribution is -2.45. The van der Waals surface area contributed by atoms with Crippen LogP contribution in [0, 0.1) is 0 Å². The average molecular weight is 350 g/mol. The van der Waals surface area contributed by atoms with Crippen molar-refractivity contribution in [3.63, 3.8) is 0 Å². The van der Waals surface area contributed by atoms with Crippen molar-refractivity contribution in [2.75, 3.05) is 7.11 Å². The number of benzene rings is 2. The number of hydrogen-bond donors (Lipinski definition) is 3. The Kier molecular flexibility index (Phi) is 5.78. The van der Waals surface area contributed by atoms with E-state index in [1.54, 1.807) is 24.3 Å². The second-order valence-corrected chi connectivity index (χ2v) is 5.45. The van der Waals surface area contributed by atoms with E-state index in [-0.39, 0.29) is 5.56 Å². The van der Waals surface area contributed by atoms with Crippen LogP contribution >= 0.6 is 11.6 Å². The predicted molar refractivity (Wildman–Crippen MR) is 88.3 cm³/mol. The molecule has 3 N–H and O–H groups in total. The number of carbonyl (C=O) groups excluding carboxylic acids is 1. The molecule has 2 aromatic rings. The number of methoxy groups -OCH3 is 1. The molecule has 0 saturated carbocycles. The summed E-state index contributed by atoms with van der Waals surface area (Å²) in [6.07, 6.45) is -1.42. The zero-order chi connectivity index (χ0) is 17.7. The van der Waals surface area contributed by atoms with E-state index >= 15 is 0 Å². The number of halogens is 1. The maximum atomic E-state index is 12.2. The topological polar surface area (TPSA) is 95.9 Å². The van der Waals surface area contributed by atoms with E-state index < -0.39 is 24.0 Å². The van der Waals surface area contributed by atoms with Crippen molar-refractivity contribution < 1.29 is 24.5 Å². The molecule has 126 valence electrons. The molecular formula is C17H16ClNO5. The number of hydrogen-bond acceptors (Lipinski definition) is 4. The summed E-state index contributed by atoms with van der Waals surface area (Å²) in [4.78, 5) is 23.6. The van der Waals surface area contributed by atoms with Gasteiger partial charge < -0.3 is 20.3 Å². The number of amides is 1. The van der Waals surface area contributed by atoms with Crippen LogP contribution in [0.2, 0.25) is 5.02 Å². The van der Waals surface area contributed by atoms with Crippen molar-refractivity contribution >= 4 is 23.5 Å². The van der Waals surface area contributed by atoms with Gasteiger partial charge in [0.05, 0.1) is 7.11 Å². The highest BCUT2D eigenvalue weighted by Crippen LogP contribution is 2.21. The molecule has 24 heavy (non-hydrogen) atoms. The Balaban J connectivity index is 2.18. The Morgan fingerprint density at radius 3 is 2.38 bits per heavy atom. The molecular weight excluding hydrogens is 334 g/mol. The molecule has 0 aliphatic heterocycles. The summed E-state index contributed by atoms with van der Waals surface area (Å²) in [6, 6.07) is 10.8. The Morgan fingerprint density at radius 2 is 1.83 bits per heavy atom. The van der Waals surface area contributed by atoms with Crippen molar-refractivity contribution in [3.05, 3.63) is 64.7 Å². The average Bonchev–Trinajstić information content (AvgIpc) is 2.58. The van der Waals surface area contributed by atoms with Crippen molar-refractivity contribution in [1.29, 1.82) is 0 Å². The number of nitrogens with one attached hydrogen (secondary N) is 1. The lowest BCUT2D eigenvalue weighted by atomic mass is 10.0. The first-order chi connectivity index (χ1) is 11.4. The Bertz CT molecular complexity index is 732. The van der Waals surface area contributed by atoms with Crippen LogP contribution in [0.1, 0.15) is 22.0 Å². The maximum absolute atomic E-state index is 12.2. The number of carbonyl (C=O) groups is 2. The molecule has 2 atom stereocenters. The Morgan fingerprint density at radius 1 is 1.17 bits per heavy atom. The largest absolute Gasteiger partial charge is 0.497 e. The van der Waals surface area contributed by atoms with Crippen LogP contribution in [0.15, 0.2) is 48.5 Å². The van der Waals surface area contributed by atoms with Crippen LogP contribution in [0.5, 0.6) is 5.75 Å². The summed E-state index contributed by atoms with van der Waals surface area (Å²) in [5.41, 5.74) is 0.547. The van der Waals surface area contributed by atoms with Crippen LogP contribution in [-0.4, -0.2) is 35.2 Å². The zero-order valence-electron chi connectivity index (χ0n) is 12.8. The number of ether oxygens (including phenoxy) is 1. The fraction of sp³-hybridized carbons (Fsp3) is 0.176. The summed E-state index contributed by atoms with van der Waals surface area (Å²) in [5, 5.41) is 22.3. The normalized spacial score (nSPS) is 13.0. The summed E-state index contributed by atoms with van der Waals surface area (Å²) < 4.78 is 5.01. The number of aliphatic hydroxyl groups excluding tert-OH is 1. The highest BCUT2D eigenvalue weighted by Gasteiger charge is 2.29. The van der Waals surface area contributed by atoms with Gasteiger partial charge in [0.15, 0.2) is 6.04 Å². The molecule has 0 saturated heterocycles. The third-order valence-corrected chi connectivity index (χ3v) is 3.65. The summed E-state index contributed by atoms with van der Waals surface area (Å²) in [5.74, 6) is -1.42. The first-order valence-corrected chi connectivity index (χ1v) is 7.41. The number of carboxylic acid groups (broad SMARTS) is 1. The van der Waals surface area contributed by atoms with Gasteiger partial charge in [-0.1, -0.05) is 29.8 Å². The molecule has 6 nitrogen and oxygen atoms in total. The molecule has 2 unspecified atom stereocenters. The molecule has 0 radical (unpaired) electrons. The van der Waals surface area contributed by atoms with E-state index in [1.165, 1.54) is 31.4 Å². The second-order valence-electron chi connectivity index (χ2n) is 5.02. The van der Waals surface area contributed by atoms with Gasteiger partial charge in [0.1, 0.15) is 11.9 Å². The lowest BCUT2D eigenvalue weighted by Gasteiger charge is -2.21. The monoisotopic (exact) mass is 349 g/mol. The van der Waals surface area contributed by atoms with Crippen LogP contribution in [0.4, 0.5) is 0 Å². The molecule has 2 aromatic carbocycles. The molecule has 2 rings (SSSR count). The van der Waals surface area contributed by atoms with Gasteiger partial charge in [-0.05, 0) is 35.9 Å².